The van der Waals surface area contributed by atoms with Crippen molar-refractivity contribution in [2.45, 2.75) is 0 Å². The lowest BCUT2D eigenvalue weighted by atomic mass is 10.3. The molecular formula is C12H11N5. The Balaban J connectivity index is 2.26. The molecule has 0 aliphatic carbocycles. The van der Waals surface area contributed by atoms with Gasteiger partial charge < -0.3 is 10.6 Å². The first-order valence-electron chi connectivity index (χ1n) is 5.10. The van der Waals surface area contributed by atoms with Crippen LogP contribution in [0.3, 0.4) is 0 Å². The van der Waals surface area contributed by atoms with Crippen LogP contribution < -0.4 is 10.6 Å². The summed E-state index contributed by atoms with van der Waals surface area (Å²) < 4.78 is 0. The Bertz CT molecular complexity index is 545. The van der Waals surface area contributed by atoms with E-state index in [1.165, 1.54) is 6.20 Å². The largest absolute Gasteiger partial charge is 0.372 e. The molecule has 0 aliphatic heterocycles. The summed E-state index contributed by atoms with van der Waals surface area (Å²) in [5.41, 5.74) is 1.32. The van der Waals surface area contributed by atoms with Crippen molar-refractivity contribution >= 4 is 17.5 Å². The van der Waals surface area contributed by atoms with Crippen molar-refractivity contribution in [3.63, 3.8) is 0 Å². The average Bonchev–Trinajstić information content (AvgIpc) is 2.40. The molecule has 1 aromatic carbocycles. The van der Waals surface area contributed by atoms with Crippen LogP contribution in [-0.4, -0.2) is 17.0 Å². The van der Waals surface area contributed by atoms with E-state index in [0.29, 0.717) is 17.3 Å². The first-order valence-corrected chi connectivity index (χ1v) is 5.10. The van der Waals surface area contributed by atoms with Gasteiger partial charge in [0.2, 0.25) is 5.95 Å². The molecule has 2 aromatic rings. The molecule has 0 spiro atoms. The summed E-state index contributed by atoms with van der Waals surface area (Å²) in [5, 5.41) is 14.8. The maximum absolute atomic E-state index is 8.84. The molecule has 1 heterocycles. The van der Waals surface area contributed by atoms with Crippen molar-refractivity contribution in [3.05, 3.63) is 42.1 Å². The fourth-order valence-electron chi connectivity index (χ4n) is 1.37. The van der Waals surface area contributed by atoms with Crippen LogP contribution in [0.2, 0.25) is 0 Å². The van der Waals surface area contributed by atoms with Gasteiger partial charge in [0.15, 0.2) is 0 Å². The molecule has 17 heavy (non-hydrogen) atoms. The Morgan fingerprint density at radius 1 is 1.24 bits per heavy atom. The van der Waals surface area contributed by atoms with Crippen LogP contribution in [0.15, 0.2) is 36.5 Å². The second-order valence-electron chi connectivity index (χ2n) is 3.31. The fourth-order valence-corrected chi connectivity index (χ4v) is 1.37. The minimum Gasteiger partial charge on any atom is -0.372 e. The van der Waals surface area contributed by atoms with Gasteiger partial charge in [-0.15, -0.1) is 0 Å². The van der Waals surface area contributed by atoms with E-state index in [0.717, 1.165) is 5.69 Å². The van der Waals surface area contributed by atoms with Crippen LogP contribution in [0.1, 0.15) is 5.56 Å². The molecule has 5 nitrogen and oxygen atoms in total. The van der Waals surface area contributed by atoms with Crippen LogP contribution in [0.5, 0.6) is 0 Å². The number of hydrogen-bond donors (Lipinski definition) is 2. The zero-order valence-electron chi connectivity index (χ0n) is 9.31. The van der Waals surface area contributed by atoms with E-state index in [2.05, 4.69) is 20.6 Å². The molecule has 5 heteroatoms. The zero-order chi connectivity index (χ0) is 12.1. The van der Waals surface area contributed by atoms with Gasteiger partial charge in [-0.2, -0.15) is 10.2 Å². The van der Waals surface area contributed by atoms with Gasteiger partial charge in [0, 0.05) is 12.7 Å². The Morgan fingerprint density at radius 3 is 2.65 bits per heavy atom. The number of nitrogens with zero attached hydrogens (tertiary/aromatic N) is 3. The van der Waals surface area contributed by atoms with Crippen LogP contribution in [-0.2, 0) is 0 Å². The molecule has 0 radical (unpaired) electrons. The third-order valence-electron chi connectivity index (χ3n) is 2.18. The molecule has 0 saturated carbocycles. The lowest BCUT2D eigenvalue weighted by Gasteiger charge is -2.06. The van der Waals surface area contributed by atoms with Crippen LogP contribution >= 0.6 is 0 Å². The highest BCUT2D eigenvalue weighted by atomic mass is 15.1. The predicted octanol–water partition coefficient (Wildman–Crippen LogP) is 2.13. The van der Waals surface area contributed by atoms with Gasteiger partial charge >= 0.3 is 0 Å². The minimum absolute atomic E-state index is 0.422. The third-order valence-corrected chi connectivity index (χ3v) is 2.18. The number of nitriles is 1. The number of aromatic nitrogens is 2. The van der Waals surface area contributed by atoms with Gasteiger partial charge in [0.05, 0.1) is 6.20 Å². The van der Waals surface area contributed by atoms with E-state index >= 15 is 0 Å². The van der Waals surface area contributed by atoms with Gasteiger partial charge in [0.1, 0.15) is 17.5 Å². The highest BCUT2D eigenvalue weighted by Gasteiger charge is 2.04. The van der Waals surface area contributed by atoms with Crippen molar-refractivity contribution in [3.8, 4) is 6.07 Å². The lowest BCUT2D eigenvalue weighted by Crippen LogP contribution is -2.02. The number of para-hydroxylation sites is 1. The molecule has 2 N–H and O–H groups in total. The quantitative estimate of drug-likeness (QED) is 0.837. The second kappa shape index (κ2) is 4.94. The highest BCUT2D eigenvalue weighted by Crippen LogP contribution is 2.15. The lowest BCUT2D eigenvalue weighted by molar-refractivity contribution is 1.14. The molecule has 0 bridgehead atoms. The summed E-state index contributed by atoms with van der Waals surface area (Å²) in [7, 11) is 1.72. The van der Waals surface area contributed by atoms with Crippen molar-refractivity contribution in [2.24, 2.45) is 0 Å². The molecule has 0 amide bonds. The van der Waals surface area contributed by atoms with E-state index in [4.69, 9.17) is 5.26 Å². The normalized spacial score (nSPS) is 9.41. The molecule has 0 unspecified atom stereocenters. The smallest absolute Gasteiger partial charge is 0.229 e. The number of rotatable bonds is 3. The van der Waals surface area contributed by atoms with Crippen LogP contribution in [0.4, 0.5) is 17.5 Å². The van der Waals surface area contributed by atoms with Crippen molar-refractivity contribution < 1.29 is 0 Å². The molecule has 2 rings (SSSR count). The summed E-state index contributed by atoms with van der Waals surface area (Å²) in [6.07, 6.45) is 1.49. The fraction of sp³-hybridized carbons (Fsp3) is 0.0833. The molecule has 1 aromatic heterocycles. The zero-order valence-corrected chi connectivity index (χ0v) is 9.31. The van der Waals surface area contributed by atoms with Gasteiger partial charge in [-0.3, -0.25) is 0 Å². The number of nitrogens with one attached hydrogen (secondary N) is 2. The molecule has 0 saturated heterocycles. The number of anilines is 3. The molecule has 0 aliphatic rings. The first kappa shape index (κ1) is 10.9. The molecule has 0 atom stereocenters. The summed E-state index contributed by atoms with van der Waals surface area (Å²) in [4.78, 5) is 8.27. The molecule has 0 fully saturated rings. The standard InChI is InChI=1S/C12H11N5/c1-14-11-9(7-13)8-15-12(17-11)16-10-5-3-2-4-6-10/h2-6,8H,1H3,(H2,14,15,16,17). The minimum atomic E-state index is 0.422. The Kier molecular flexibility index (Phi) is 3.17. The maximum atomic E-state index is 8.84. The van der Waals surface area contributed by atoms with Gasteiger partial charge in [-0.05, 0) is 12.1 Å². The summed E-state index contributed by atoms with van der Waals surface area (Å²) in [5.74, 6) is 0.973. The van der Waals surface area contributed by atoms with E-state index in [-0.39, 0.29) is 0 Å². The summed E-state index contributed by atoms with van der Waals surface area (Å²) in [6, 6.07) is 11.6. The van der Waals surface area contributed by atoms with Crippen molar-refractivity contribution in [1.82, 2.24) is 9.97 Å². The molecular weight excluding hydrogens is 214 g/mol. The van der Waals surface area contributed by atoms with E-state index in [1.54, 1.807) is 7.05 Å². The summed E-state index contributed by atoms with van der Waals surface area (Å²) in [6.45, 7) is 0. The SMILES string of the molecule is CNc1nc(Nc2ccccc2)ncc1C#N. The number of hydrogen-bond acceptors (Lipinski definition) is 5. The predicted molar refractivity (Wildman–Crippen MR) is 66.0 cm³/mol. The highest BCUT2D eigenvalue weighted by molar-refractivity contribution is 5.58. The third kappa shape index (κ3) is 2.49. The maximum Gasteiger partial charge on any atom is 0.229 e. The Morgan fingerprint density at radius 2 is 2.00 bits per heavy atom. The van der Waals surface area contributed by atoms with E-state index < -0.39 is 0 Å². The average molecular weight is 225 g/mol. The van der Waals surface area contributed by atoms with Crippen molar-refractivity contribution in [2.75, 3.05) is 17.7 Å². The van der Waals surface area contributed by atoms with Gasteiger partial charge in [-0.25, -0.2) is 4.98 Å². The molecule has 84 valence electrons. The van der Waals surface area contributed by atoms with Gasteiger partial charge in [0.25, 0.3) is 0 Å². The Labute approximate surface area is 99.1 Å². The number of benzene rings is 1. The van der Waals surface area contributed by atoms with Crippen LogP contribution in [0.25, 0.3) is 0 Å². The first-order chi connectivity index (χ1) is 8.33. The summed E-state index contributed by atoms with van der Waals surface area (Å²) >= 11 is 0. The van der Waals surface area contributed by atoms with E-state index in [9.17, 15) is 0 Å². The topological polar surface area (TPSA) is 73.6 Å². The second-order valence-corrected chi connectivity index (χ2v) is 3.31. The van der Waals surface area contributed by atoms with Crippen LogP contribution in [0, 0.1) is 11.3 Å². The van der Waals surface area contributed by atoms with E-state index in [1.807, 2.05) is 36.4 Å². The Hall–Kier alpha value is -2.61. The monoisotopic (exact) mass is 225 g/mol. The van der Waals surface area contributed by atoms with Gasteiger partial charge in [-0.1, -0.05) is 18.2 Å². The van der Waals surface area contributed by atoms with Crippen molar-refractivity contribution in [1.29, 1.82) is 5.26 Å².